The molecule has 2 heterocycles. The van der Waals surface area contributed by atoms with Gasteiger partial charge < -0.3 is 9.88 Å². The fourth-order valence-corrected chi connectivity index (χ4v) is 3.70. The zero-order valence-electron chi connectivity index (χ0n) is 16.2. The van der Waals surface area contributed by atoms with Crippen LogP contribution in [0.15, 0.2) is 103 Å². The van der Waals surface area contributed by atoms with Gasteiger partial charge in [-0.3, -0.25) is 0 Å². The van der Waals surface area contributed by atoms with E-state index in [-0.39, 0.29) is 0 Å². The number of fused-ring (bicyclic) bond motifs is 1. The molecule has 0 amide bonds. The number of aryl methyl sites for hydroxylation is 1. The van der Waals surface area contributed by atoms with E-state index in [2.05, 4.69) is 101 Å². The van der Waals surface area contributed by atoms with Crippen LogP contribution in [0.3, 0.4) is 0 Å². The predicted molar refractivity (Wildman–Crippen MR) is 121 cm³/mol. The molecule has 0 radical (unpaired) electrons. The van der Waals surface area contributed by atoms with Gasteiger partial charge >= 0.3 is 0 Å². The molecule has 0 saturated heterocycles. The van der Waals surface area contributed by atoms with Crippen molar-refractivity contribution in [3.63, 3.8) is 0 Å². The van der Waals surface area contributed by atoms with Crippen LogP contribution in [-0.4, -0.2) is 9.97 Å². The number of hydrogen-bond acceptors (Lipinski definition) is 2. The molecule has 0 aliphatic heterocycles. The Kier molecular flexibility index (Phi) is 4.34. The third-order valence-corrected chi connectivity index (χ3v) is 5.23. The Morgan fingerprint density at radius 1 is 0.690 bits per heavy atom. The summed E-state index contributed by atoms with van der Waals surface area (Å²) >= 11 is 0. The summed E-state index contributed by atoms with van der Waals surface area (Å²) in [6.45, 7) is 2.10. The highest BCUT2D eigenvalue weighted by Gasteiger charge is 2.12. The van der Waals surface area contributed by atoms with E-state index in [0.717, 1.165) is 33.8 Å². The van der Waals surface area contributed by atoms with Crippen LogP contribution >= 0.6 is 0 Å². The van der Waals surface area contributed by atoms with E-state index in [1.54, 1.807) is 0 Å². The molecule has 3 aromatic carbocycles. The van der Waals surface area contributed by atoms with Crippen molar-refractivity contribution >= 4 is 28.1 Å². The number of pyridine rings is 1. The fourth-order valence-electron chi connectivity index (χ4n) is 3.70. The van der Waals surface area contributed by atoms with Crippen LogP contribution in [0.1, 0.15) is 5.56 Å². The van der Waals surface area contributed by atoms with Gasteiger partial charge in [0.25, 0.3) is 0 Å². The monoisotopic (exact) mass is 375 g/mol. The Hall–Kier alpha value is -3.85. The molecule has 0 fully saturated rings. The Morgan fingerprint density at radius 2 is 1.28 bits per heavy atom. The van der Waals surface area contributed by atoms with E-state index < -0.39 is 0 Å². The van der Waals surface area contributed by atoms with Crippen molar-refractivity contribution in [2.24, 2.45) is 0 Å². The largest absolute Gasteiger partial charge is 0.346 e. The Morgan fingerprint density at radius 3 is 1.90 bits per heavy atom. The third-order valence-electron chi connectivity index (χ3n) is 5.23. The van der Waals surface area contributed by atoms with Gasteiger partial charge in [-0.05, 0) is 60.5 Å². The smallest absolute Gasteiger partial charge is 0.137 e. The molecule has 3 nitrogen and oxygen atoms in total. The number of para-hydroxylation sites is 2. The average molecular weight is 375 g/mol. The number of rotatable bonds is 4. The number of nitrogens with one attached hydrogen (secondary N) is 1. The van der Waals surface area contributed by atoms with E-state index in [1.165, 1.54) is 10.9 Å². The molecular formula is C26H21N3. The van der Waals surface area contributed by atoms with Gasteiger partial charge in [0.1, 0.15) is 5.65 Å². The minimum Gasteiger partial charge on any atom is -0.346 e. The Bertz CT molecular complexity index is 1200. The molecule has 5 aromatic rings. The second-order valence-electron chi connectivity index (χ2n) is 7.15. The molecule has 140 valence electrons. The van der Waals surface area contributed by atoms with Crippen molar-refractivity contribution < 1.29 is 0 Å². The highest BCUT2D eigenvalue weighted by Crippen LogP contribution is 2.35. The van der Waals surface area contributed by atoms with Crippen molar-refractivity contribution in [2.75, 3.05) is 4.90 Å². The molecule has 29 heavy (non-hydrogen) atoms. The lowest BCUT2D eigenvalue weighted by molar-refractivity contribution is 1.28. The molecule has 2 aromatic heterocycles. The van der Waals surface area contributed by atoms with Crippen LogP contribution in [0.5, 0.6) is 0 Å². The number of aromatic nitrogens is 2. The van der Waals surface area contributed by atoms with Crippen LogP contribution in [0.25, 0.3) is 22.2 Å². The first kappa shape index (κ1) is 17.3. The van der Waals surface area contributed by atoms with Crippen LogP contribution in [0, 0.1) is 6.92 Å². The van der Waals surface area contributed by atoms with E-state index in [9.17, 15) is 0 Å². The zero-order chi connectivity index (χ0) is 19.6. The van der Waals surface area contributed by atoms with Gasteiger partial charge in [0.2, 0.25) is 0 Å². The van der Waals surface area contributed by atoms with Crippen molar-refractivity contribution in [1.82, 2.24) is 9.97 Å². The maximum atomic E-state index is 4.57. The summed E-state index contributed by atoms with van der Waals surface area (Å²) in [7, 11) is 0. The minimum absolute atomic E-state index is 0.933. The third kappa shape index (κ3) is 3.27. The molecule has 0 unspecified atom stereocenters. The van der Waals surface area contributed by atoms with Crippen molar-refractivity contribution in [1.29, 1.82) is 0 Å². The van der Waals surface area contributed by atoms with Crippen molar-refractivity contribution in [3.05, 3.63) is 109 Å². The SMILES string of the molecule is Cc1c[nH]c2ncc(-c3ccc(N(c4ccccc4)c4ccccc4)cc3)cc12. The van der Waals surface area contributed by atoms with Gasteiger partial charge in [0.05, 0.1) is 0 Å². The summed E-state index contributed by atoms with van der Waals surface area (Å²) in [4.78, 5) is 10.0. The van der Waals surface area contributed by atoms with E-state index in [4.69, 9.17) is 0 Å². The number of aromatic amines is 1. The molecule has 5 rings (SSSR count). The van der Waals surface area contributed by atoms with Crippen LogP contribution in [0.2, 0.25) is 0 Å². The summed E-state index contributed by atoms with van der Waals surface area (Å²) < 4.78 is 0. The first-order chi connectivity index (χ1) is 14.3. The van der Waals surface area contributed by atoms with Gasteiger partial charge in [0, 0.05) is 40.4 Å². The van der Waals surface area contributed by atoms with Crippen LogP contribution < -0.4 is 4.90 Å². The summed E-state index contributed by atoms with van der Waals surface area (Å²) in [5.74, 6) is 0. The second-order valence-corrected chi connectivity index (χ2v) is 7.15. The minimum atomic E-state index is 0.933. The second kappa shape index (κ2) is 7.28. The van der Waals surface area contributed by atoms with E-state index >= 15 is 0 Å². The maximum absolute atomic E-state index is 4.57. The van der Waals surface area contributed by atoms with Gasteiger partial charge in [-0.15, -0.1) is 0 Å². The maximum Gasteiger partial charge on any atom is 0.137 e. The van der Waals surface area contributed by atoms with Gasteiger partial charge in [0.15, 0.2) is 0 Å². The fraction of sp³-hybridized carbons (Fsp3) is 0.0385. The topological polar surface area (TPSA) is 31.9 Å². The summed E-state index contributed by atoms with van der Waals surface area (Å²) in [6, 6.07) is 31.8. The molecule has 0 bridgehead atoms. The number of hydrogen-bond donors (Lipinski definition) is 1. The quantitative estimate of drug-likeness (QED) is 0.366. The normalized spacial score (nSPS) is 10.9. The molecule has 1 N–H and O–H groups in total. The molecule has 0 atom stereocenters. The Labute approximate surface area is 170 Å². The highest BCUT2D eigenvalue weighted by molar-refractivity contribution is 5.85. The molecule has 0 saturated carbocycles. The lowest BCUT2D eigenvalue weighted by Gasteiger charge is -2.25. The van der Waals surface area contributed by atoms with Crippen LogP contribution in [0.4, 0.5) is 17.1 Å². The number of nitrogens with zero attached hydrogens (tertiary/aromatic N) is 2. The molecule has 3 heteroatoms. The van der Waals surface area contributed by atoms with E-state index in [1.807, 2.05) is 24.5 Å². The summed E-state index contributed by atoms with van der Waals surface area (Å²) in [6.07, 6.45) is 3.93. The van der Waals surface area contributed by atoms with Gasteiger partial charge in [-0.25, -0.2) is 4.98 Å². The first-order valence-electron chi connectivity index (χ1n) is 9.74. The highest BCUT2D eigenvalue weighted by atomic mass is 15.1. The number of benzene rings is 3. The van der Waals surface area contributed by atoms with Crippen molar-refractivity contribution in [2.45, 2.75) is 6.92 Å². The van der Waals surface area contributed by atoms with Crippen molar-refractivity contribution in [3.8, 4) is 11.1 Å². The molecule has 0 spiro atoms. The number of H-pyrrole nitrogens is 1. The van der Waals surface area contributed by atoms with Gasteiger partial charge in [-0.1, -0.05) is 48.5 Å². The Balaban J connectivity index is 1.55. The lowest BCUT2D eigenvalue weighted by atomic mass is 10.0. The van der Waals surface area contributed by atoms with E-state index in [0.29, 0.717) is 0 Å². The zero-order valence-corrected chi connectivity index (χ0v) is 16.2. The molecule has 0 aliphatic carbocycles. The number of anilines is 3. The predicted octanol–water partition coefficient (Wildman–Crippen LogP) is 7.01. The van der Waals surface area contributed by atoms with Gasteiger partial charge in [-0.2, -0.15) is 0 Å². The summed E-state index contributed by atoms with van der Waals surface area (Å²) in [5.41, 5.74) is 7.82. The molecular weight excluding hydrogens is 354 g/mol. The standard InChI is InChI=1S/C26H21N3/c1-19-17-27-26-25(19)16-21(18-28-26)20-12-14-24(15-13-20)29(22-8-4-2-5-9-22)23-10-6-3-7-11-23/h2-18H,1H3,(H,27,28). The first-order valence-corrected chi connectivity index (χ1v) is 9.74. The lowest BCUT2D eigenvalue weighted by Crippen LogP contribution is -2.09. The van der Waals surface area contributed by atoms with Crippen LogP contribution in [-0.2, 0) is 0 Å². The molecule has 0 aliphatic rings. The summed E-state index contributed by atoms with van der Waals surface area (Å²) in [5, 5.41) is 1.17. The average Bonchev–Trinajstić information content (AvgIpc) is 3.16.